The molecule has 0 bridgehead atoms. The molecule has 6 rings (SSSR count). The van der Waals surface area contributed by atoms with Crippen LogP contribution in [0.1, 0.15) is 43.7 Å². The van der Waals surface area contributed by atoms with Gasteiger partial charge >= 0.3 is 0 Å². The summed E-state index contributed by atoms with van der Waals surface area (Å²) in [5, 5.41) is 2.97. The molecular weight excluding hydrogens is 494 g/mol. The maximum atomic E-state index is 13.4. The van der Waals surface area contributed by atoms with E-state index in [2.05, 4.69) is 5.32 Å². The normalized spacial score (nSPS) is 21.6. The second-order valence-corrected chi connectivity index (χ2v) is 12.3. The zero-order chi connectivity index (χ0) is 25.7. The average molecular weight is 526 g/mol. The third-order valence-corrected chi connectivity index (χ3v) is 9.69. The second kappa shape index (κ2) is 9.33. The Morgan fingerprint density at radius 3 is 2.49 bits per heavy atom. The van der Waals surface area contributed by atoms with Crippen LogP contribution in [0.5, 0.6) is 11.5 Å². The minimum Gasteiger partial charge on any atom is -0.454 e. The zero-order valence-electron chi connectivity index (χ0n) is 20.8. The monoisotopic (exact) mass is 525 g/mol. The number of ether oxygens (including phenoxy) is 2. The zero-order valence-corrected chi connectivity index (χ0v) is 21.6. The van der Waals surface area contributed by atoms with Gasteiger partial charge in [-0.2, -0.15) is 4.31 Å². The first-order chi connectivity index (χ1) is 17.8. The van der Waals surface area contributed by atoms with E-state index in [0.717, 1.165) is 29.7 Å². The van der Waals surface area contributed by atoms with E-state index in [0.29, 0.717) is 50.4 Å². The van der Waals surface area contributed by atoms with Crippen LogP contribution in [-0.4, -0.2) is 50.5 Å². The average Bonchev–Trinajstić information content (AvgIpc) is 3.56. The number of amides is 2. The second-order valence-electron chi connectivity index (χ2n) is 10.4. The molecule has 1 saturated heterocycles. The van der Waals surface area contributed by atoms with Crippen LogP contribution in [-0.2, 0) is 32.6 Å². The molecule has 37 heavy (non-hydrogen) atoms. The summed E-state index contributed by atoms with van der Waals surface area (Å²) < 4.78 is 39.0. The van der Waals surface area contributed by atoms with Gasteiger partial charge in [-0.15, -0.1) is 0 Å². The van der Waals surface area contributed by atoms with Crippen molar-refractivity contribution >= 4 is 27.5 Å². The van der Waals surface area contributed by atoms with Crippen LogP contribution in [0.15, 0.2) is 41.3 Å². The van der Waals surface area contributed by atoms with Gasteiger partial charge in [0.05, 0.1) is 4.90 Å². The lowest BCUT2D eigenvalue weighted by atomic mass is 9.97. The molecular formula is C27H31N3O6S. The summed E-state index contributed by atoms with van der Waals surface area (Å²) >= 11 is 0. The summed E-state index contributed by atoms with van der Waals surface area (Å²) in [5.74, 6) is 1.34. The largest absolute Gasteiger partial charge is 0.454 e. The van der Waals surface area contributed by atoms with Gasteiger partial charge in [-0.05, 0) is 80.5 Å². The molecule has 0 spiro atoms. The topological polar surface area (TPSA) is 105 Å². The first-order valence-electron chi connectivity index (χ1n) is 12.9. The fraction of sp³-hybridized carbons (Fsp3) is 0.481. The highest BCUT2D eigenvalue weighted by Crippen LogP contribution is 2.40. The first-order valence-corrected chi connectivity index (χ1v) is 14.4. The van der Waals surface area contributed by atoms with E-state index in [1.807, 2.05) is 30.0 Å². The molecule has 3 heterocycles. The highest BCUT2D eigenvalue weighted by atomic mass is 32.2. The molecule has 1 aliphatic carbocycles. The number of anilines is 1. The summed E-state index contributed by atoms with van der Waals surface area (Å²) in [6.07, 6.45) is 3.48. The number of rotatable bonds is 6. The van der Waals surface area contributed by atoms with Gasteiger partial charge in [0.25, 0.3) is 0 Å². The third-order valence-electron chi connectivity index (χ3n) is 7.80. The van der Waals surface area contributed by atoms with E-state index < -0.39 is 10.0 Å². The molecule has 10 heteroatoms. The number of hydrogen-bond donors (Lipinski definition) is 1. The Balaban J connectivity index is 1.06. The third kappa shape index (κ3) is 4.57. The van der Waals surface area contributed by atoms with Crippen LogP contribution in [0.3, 0.4) is 0 Å². The molecule has 9 nitrogen and oxygen atoms in total. The Hall–Kier alpha value is -3.11. The predicted octanol–water partition coefficient (Wildman–Crippen LogP) is 2.82. The molecule has 3 aliphatic heterocycles. The molecule has 2 aromatic carbocycles. The SMILES string of the molecule is C[C@H]1Cc2cc(S(=O)(=O)N3CCC(C(=O)NCc4ccc5c(c4)OCO5)CC3)ccc2N1C(=O)C1CC1. The van der Waals surface area contributed by atoms with E-state index in [4.69, 9.17) is 9.47 Å². The van der Waals surface area contributed by atoms with E-state index >= 15 is 0 Å². The Morgan fingerprint density at radius 1 is 0.973 bits per heavy atom. The lowest BCUT2D eigenvalue weighted by molar-refractivity contribution is -0.126. The summed E-state index contributed by atoms with van der Waals surface area (Å²) in [6, 6.07) is 10.7. The fourth-order valence-corrected chi connectivity index (χ4v) is 7.04. The van der Waals surface area contributed by atoms with E-state index in [9.17, 15) is 18.0 Å². The van der Waals surface area contributed by atoms with Gasteiger partial charge in [0.15, 0.2) is 11.5 Å². The van der Waals surface area contributed by atoms with Crippen molar-refractivity contribution in [2.24, 2.45) is 11.8 Å². The maximum absolute atomic E-state index is 13.4. The lowest BCUT2D eigenvalue weighted by Gasteiger charge is -2.30. The quantitative estimate of drug-likeness (QED) is 0.622. The van der Waals surface area contributed by atoms with Crippen LogP contribution in [0, 0.1) is 11.8 Å². The van der Waals surface area contributed by atoms with Crippen molar-refractivity contribution in [1.29, 1.82) is 0 Å². The van der Waals surface area contributed by atoms with Crippen LogP contribution >= 0.6 is 0 Å². The Morgan fingerprint density at radius 2 is 1.73 bits per heavy atom. The standard InChI is InChI=1S/C27H31N3O6S/c1-17-12-21-14-22(5-6-23(21)30(17)27(32)20-3-4-20)37(33,34)29-10-8-19(9-11-29)26(31)28-15-18-2-7-24-25(13-18)36-16-35-24/h2,5-7,13-14,17,19-20H,3-4,8-12,15-16H2,1H3,(H,28,31)/t17-/m0/s1. The minimum absolute atomic E-state index is 0.0352. The van der Waals surface area contributed by atoms with Crippen molar-refractivity contribution in [2.45, 2.75) is 56.5 Å². The van der Waals surface area contributed by atoms with Crippen LogP contribution in [0.2, 0.25) is 0 Å². The molecule has 0 radical (unpaired) electrons. The molecule has 2 fully saturated rings. The summed E-state index contributed by atoms with van der Waals surface area (Å²) in [7, 11) is -3.68. The molecule has 1 N–H and O–H groups in total. The Kier molecular flexibility index (Phi) is 6.11. The number of benzene rings is 2. The first kappa shape index (κ1) is 24.2. The number of nitrogens with one attached hydrogen (secondary N) is 1. The number of nitrogens with zero attached hydrogens (tertiary/aromatic N) is 2. The Labute approximate surface area is 216 Å². The highest BCUT2D eigenvalue weighted by molar-refractivity contribution is 7.89. The molecule has 0 aromatic heterocycles. The van der Waals surface area contributed by atoms with E-state index in [1.165, 1.54) is 4.31 Å². The van der Waals surface area contributed by atoms with Gasteiger partial charge in [0.1, 0.15) is 0 Å². The van der Waals surface area contributed by atoms with Crippen molar-refractivity contribution in [3.8, 4) is 11.5 Å². The van der Waals surface area contributed by atoms with E-state index in [-0.39, 0.29) is 41.4 Å². The number of fused-ring (bicyclic) bond motifs is 2. The smallest absolute Gasteiger partial charge is 0.243 e. The number of carbonyl (C=O) groups is 2. The number of piperidine rings is 1. The highest BCUT2D eigenvalue weighted by Gasteiger charge is 2.40. The van der Waals surface area contributed by atoms with Crippen molar-refractivity contribution in [2.75, 3.05) is 24.8 Å². The van der Waals surface area contributed by atoms with E-state index in [1.54, 1.807) is 18.2 Å². The van der Waals surface area contributed by atoms with Crippen molar-refractivity contribution in [3.63, 3.8) is 0 Å². The van der Waals surface area contributed by atoms with Crippen LogP contribution in [0.25, 0.3) is 0 Å². The molecule has 2 aromatic rings. The van der Waals surface area contributed by atoms with Crippen LogP contribution < -0.4 is 19.7 Å². The van der Waals surface area contributed by atoms with Crippen molar-refractivity contribution in [1.82, 2.24) is 9.62 Å². The maximum Gasteiger partial charge on any atom is 0.243 e. The molecule has 4 aliphatic rings. The lowest BCUT2D eigenvalue weighted by Crippen LogP contribution is -2.42. The molecule has 196 valence electrons. The fourth-order valence-electron chi connectivity index (χ4n) is 5.52. The van der Waals surface area contributed by atoms with Gasteiger partial charge in [-0.1, -0.05) is 6.07 Å². The molecule has 1 atom stereocenters. The van der Waals surface area contributed by atoms with Crippen LogP contribution in [0.4, 0.5) is 5.69 Å². The number of sulfonamides is 1. The van der Waals surface area contributed by atoms with Gasteiger partial charge in [0, 0.05) is 43.2 Å². The molecule has 2 amide bonds. The van der Waals surface area contributed by atoms with Gasteiger partial charge < -0.3 is 19.7 Å². The minimum atomic E-state index is -3.68. The molecule has 1 saturated carbocycles. The number of carbonyl (C=O) groups excluding carboxylic acids is 2. The van der Waals surface area contributed by atoms with Gasteiger partial charge in [0.2, 0.25) is 28.6 Å². The summed E-state index contributed by atoms with van der Waals surface area (Å²) in [5.41, 5.74) is 2.66. The summed E-state index contributed by atoms with van der Waals surface area (Å²) in [4.78, 5) is 27.6. The Bertz CT molecular complexity index is 1350. The summed E-state index contributed by atoms with van der Waals surface area (Å²) in [6.45, 7) is 3.18. The van der Waals surface area contributed by atoms with Crippen molar-refractivity contribution < 1.29 is 27.5 Å². The van der Waals surface area contributed by atoms with Gasteiger partial charge in [-0.25, -0.2) is 8.42 Å². The number of hydrogen-bond acceptors (Lipinski definition) is 6. The van der Waals surface area contributed by atoms with Gasteiger partial charge in [-0.3, -0.25) is 9.59 Å². The van der Waals surface area contributed by atoms with Crippen molar-refractivity contribution in [3.05, 3.63) is 47.5 Å². The predicted molar refractivity (Wildman–Crippen MR) is 136 cm³/mol. The molecule has 0 unspecified atom stereocenters.